The SMILES string of the molecule is CCCN1CCC(c2ccc3[nH]c(-c4cc(-c5cncnc5)c(=O)n(C)c4)c(C(C)C)c3c2F)CC1. The van der Waals surface area contributed by atoms with Crippen LogP contribution in [0.15, 0.2) is 47.9 Å². The average Bonchev–Trinajstić information content (AvgIpc) is 3.28. The van der Waals surface area contributed by atoms with Crippen LogP contribution in [0.5, 0.6) is 0 Å². The summed E-state index contributed by atoms with van der Waals surface area (Å²) in [6.07, 6.45) is 9.66. The molecule has 1 N–H and O–H groups in total. The minimum Gasteiger partial charge on any atom is -0.354 e. The van der Waals surface area contributed by atoms with Crippen molar-refractivity contribution < 1.29 is 4.39 Å². The number of aromatic amines is 1. The summed E-state index contributed by atoms with van der Waals surface area (Å²) in [5, 5.41) is 0.673. The molecule has 1 aliphatic heterocycles. The number of halogens is 1. The number of likely N-dealkylation sites (tertiary alicyclic amines) is 1. The number of nitrogens with one attached hydrogen (secondary N) is 1. The molecule has 36 heavy (non-hydrogen) atoms. The Morgan fingerprint density at radius 3 is 2.53 bits per heavy atom. The molecule has 188 valence electrons. The maximum absolute atomic E-state index is 16.2. The summed E-state index contributed by atoms with van der Waals surface area (Å²) in [5.74, 6) is 0.225. The van der Waals surface area contributed by atoms with E-state index in [9.17, 15) is 4.79 Å². The summed E-state index contributed by atoms with van der Waals surface area (Å²) in [7, 11) is 1.74. The van der Waals surface area contributed by atoms with Crippen molar-refractivity contribution in [3.8, 4) is 22.4 Å². The Balaban J connectivity index is 1.62. The van der Waals surface area contributed by atoms with Crippen LogP contribution < -0.4 is 5.56 Å². The van der Waals surface area contributed by atoms with Crippen molar-refractivity contribution >= 4 is 10.9 Å². The molecule has 0 amide bonds. The Morgan fingerprint density at radius 1 is 1.14 bits per heavy atom. The number of hydrogen-bond donors (Lipinski definition) is 1. The molecular weight excluding hydrogens is 453 g/mol. The van der Waals surface area contributed by atoms with Gasteiger partial charge in [-0.1, -0.05) is 26.8 Å². The van der Waals surface area contributed by atoms with E-state index in [0.29, 0.717) is 16.5 Å². The lowest BCUT2D eigenvalue weighted by atomic mass is 9.87. The molecule has 1 fully saturated rings. The summed E-state index contributed by atoms with van der Waals surface area (Å²) in [6, 6.07) is 5.85. The van der Waals surface area contributed by atoms with Gasteiger partial charge in [0.25, 0.3) is 5.56 Å². The zero-order chi connectivity index (χ0) is 25.4. The van der Waals surface area contributed by atoms with Gasteiger partial charge in [0, 0.05) is 47.7 Å². The number of nitrogens with zero attached hydrogens (tertiary/aromatic N) is 4. The fourth-order valence-corrected chi connectivity index (χ4v) is 5.68. The van der Waals surface area contributed by atoms with Gasteiger partial charge in [0.15, 0.2) is 0 Å². The van der Waals surface area contributed by atoms with Gasteiger partial charge in [-0.15, -0.1) is 0 Å². The number of H-pyrrole nitrogens is 1. The van der Waals surface area contributed by atoms with Crippen molar-refractivity contribution in [2.24, 2.45) is 7.05 Å². The molecule has 0 saturated carbocycles. The predicted molar refractivity (Wildman–Crippen MR) is 143 cm³/mol. The van der Waals surface area contributed by atoms with Crippen LogP contribution in [0, 0.1) is 5.82 Å². The van der Waals surface area contributed by atoms with E-state index in [1.807, 2.05) is 24.4 Å². The zero-order valence-corrected chi connectivity index (χ0v) is 21.5. The highest BCUT2D eigenvalue weighted by atomic mass is 19.1. The highest BCUT2D eigenvalue weighted by Gasteiger charge is 2.27. The van der Waals surface area contributed by atoms with Gasteiger partial charge >= 0.3 is 0 Å². The Kier molecular flexibility index (Phi) is 6.75. The van der Waals surface area contributed by atoms with Crippen LogP contribution in [0.3, 0.4) is 0 Å². The first-order chi connectivity index (χ1) is 17.4. The highest BCUT2D eigenvalue weighted by molar-refractivity contribution is 5.93. The normalized spacial score (nSPS) is 15.3. The number of fused-ring (bicyclic) bond motifs is 1. The largest absolute Gasteiger partial charge is 0.354 e. The van der Waals surface area contributed by atoms with Gasteiger partial charge in [-0.3, -0.25) is 4.79 Å². The summed E-state index contributed by atoms with van der Waals surface area (Å²) in [4.78, 5) is 27.0. The first-order valence-corrected chi connectivity index (χ1v) is 12.9. The maximum atomic E-state index is 16.2. The molecule has 1 aromatic carbocycles. The molecule has 1 saturated heterocycles. The lowest BCUT2D eigenvalue weighted by Crippen LogP contribution is -2.33. The average molecular weight is 488 g/mol. The molecule has 4 heterocycles. The van der Waals surface area contributed by atoms with Crippen molar-refractivity contribution in [1.82, 2.24) is 24.4 Å². The van der Waals surface area contributed by atoms with Crippen LogP contribution in [0.4, 0.5) is 4.39 Å². The quantitative estimate of drug-likeness (QED) is 0.371. The minimum absolute atomic E-state index is 0.0886. The topological polar surface area (TPSA) is 66.8 Å². The van der Waals surface area contributed by atoms with E-state index >= 15 is 4.39 Å². The summed E-state index contributed by atoms with van der Waals surface area (Å²) >= 11 is 0. The van der Waals surface area contributed by atoms with Crippen LogP contribution in [-0.4, -0.2) is 44.1 Å². The van der Waals surface area contributed by atoms with Gasteiger partial charge in [-0.05, 0) is 74.0 Å². The van der Waals surface area contributed by atoms with E-state index in [-0.39, 0.29) is 23.2 Å². The van der Waals surface area contributed by atoms with E-state index in [1.54, 1.807) is 24.0 Å². The van der Waals surface area contributed by atoms with Crippen molar-refractivity contribution in [2.75, 3.05) is 19.6 Å². The van der Waals surface area contributed by atoms with Gasteiger partial charge in [0.1, 0.15) is 12.1 Å². The Hall–Kier alpha value is -3.32. The fourth-order valence-electron chi connectivity index (χ4n) is 5.68. The number of aryl methyl sites for hydroxylation is 1. The van der Waals surface area contributed by atoms with E-state index < -0.39 is 0 Å². The fraction of sp³-hybridized carbons (Fsp3) is 0.414. The predicted octanol–water partition coefficient (Wildman–Crippen LogP) is 5.84. The maximum Gasteiger partial charge on any atom is 0.258 e. The second kappa shape index (κ2) is 9.97. The Morgan fingerprint density at radius 2 is 1.86 bits per heavy atom. The Bertz CT molecular complexity index is 1430. The smallest absolute Gasteiger partial charge is 0.258 e. The first kappa shape index (κ1) is 24.4. The number of rotatable bonds is 6. The van der Waals surface area contributed by atoms with Crippen molar-refractivity contribution in [3.05, 3.63) is 70.4 Å². The number of pyridine rings is 1. The van der Waals surface area contributed by atoms with Gasteiger partial charge < -0.3 is 14.5 Å². The lowest BCUT2D eigenvalue weighted by Gasteiger charge is -2.32. The second-order valence-electron chi connectivity index (χ2n) is 10.3. The molecular formula is C29H34FN5O. The molecule has 0 bridgehead atoms. The van der Waals surface area contributed by atoms with Crippen LogP contribution in [0.2, 0.25) is 0 Å². The van der Waals surface area contributed by atoms with Crippen LogP contribution in [0.1, 0.15) is 63.0 Å². The molecule has 6 nitrogen and oxygen atoms in total. The third-order valence-electron chi connectivity index (χ3n) is 7.46. The van der Waals surface area contributed by atoms with E-state index in [1.165, 1.54) is 6.33 Å². The van der Waals surface area contributed by atoms with Crippen LogP contribution >= 0.6 is 0 Å². The number of hydrogen-bond acceptors (Lipinski definition) is 4. The molecule has 0 spiro atoms. The molecule has 5 rings (SSSR count). The third kappa shape index (κ3) is 4.37. The number of aromatic nitrogens is 4. The number of benzene rings is 1. The van der Waals surface area contributed by atoms with E-state index in [2.05, 4.69) is 40.6 Å². The van der Waals surface area contributed by atoms with E-state index in [0.717, 1.165) is 66.8 Å². The van der Waals surface area contributed by atoms with Crippen molar-refractivity contribution in [3.63, 3.8) is 0 Å². The van der Waals surface area contributed by atoms with Crippen LogP contribution in [0.25, 0.3) is 33.3 Å². The molecule has 4 aromatic rings. The third-order valence-corrected chi connectivity index (χ3v) is 7.46. The summed E-state index contributed by atoms with van der Waals surface area (Å²) < 4.78 is 17.8. The van der Waals surface area contributed by atoms with Gasteiger partial charge in [-0.2, -0.15) is 0 Å². The summed E-state index contributed by atoms with van der Waals surface area (Å²) in [5.41, 5.74) is 5.30. The van der Waals surface area contributed by atoms with Gasteiger partial charge in [0.05, 0.1) is 11.3 Å². The molecule has 7 heteroatoms. The monoisotopic (exact) mass is 487 g/mol. The molecule has 0 aliphatic carbocycles. The Labute approximate surface area is 211 Å². The lowest BCUT2D eigenvalue weighted by molar-refractivity contribution is 0.211. The second-order valence-corrected chi connectivity index (χ2v) is 10.3. The number of piperidine rings is 1. The van der Waals surface area contributed by atoms with Gasteiger partial charge in [-0.25, -0.2) is 14.4 Å². The molecule has 3 aromatic heterocycles. The molecule has 1 aliphatic rings. The highest BCUT2D eigenvalue weighted by Crippen LogP contribution is 2.40. The molecule has 0 radical (unpaired) electrons. The zero-order valence-electron chi connectivity index (χ0n) is 21.5. The van der Waals surface area contributed by atoms with Gasteiger partial charge in [0.2, 0.25) is 0 Å². The van der Waals surface area contributed by atoms with E-state index in [4.69, 9.17) is 0 Å². The van der Waals surface area contributed by atoms with Crippen LogP contribution in [-0.2, 0) is 7.05 Å². The molecule has 0 atom stereocenters. The van der Waals surface area contributed by atoms with Crippen molar-refractivity contribution in [2.45, 2.75) is 51.9 Å². The summed E-state index contributed by atoms with van der Waals surface area (Å²) in [6.45, 7) is 9.55. The van der Waals surface area contributed by atoms with Crippen molar-refractivity contribution in [1.29, 1.82) is 0 Å². The standard InChI is InChI=1S/C29H34FN5O/c1-5-10-35-11-8-19(9-12-35)22-6-7-24-26(27(22)30)25(18(2)3)28(33-24)20-13-23(29(36)34(4)16-20)21-14-31-17-32-15-21/h6-7,13-19,33H,5,8-12H2,1-4H3. The minimum atomic E-state index is -0.126. The molecule has 0 unspecified atom stereocenters. The first-order valence-electron chi connectivity index (χ1n) is 12.9.